The van der Waals surface area contributed by atoms with Crippen LogP contribution in [0.5, 0.6) is 0 Å². The van der Waals surface area contributed by atoms with E-state index in [9.17, 15) is 9.59 Å². The number of urea groups is 1. The first-order chi connectivity index (χ1) is 9.60. The highest BCUT2D eigenvalue weighted by molar-refractivity contribution is 5.89. The molecule has 112 valence electrons. The number of primary amides is 1. The fourth-order valence-electron chi connectivity index (χ4n) is 1.03. The van der Waals surface area contributed by atoms with E-state index in [4.69, 9.17) is 10.8 Å². The lowest BCUT2D eigenvalue weighted by atomic mass is 10.3. The van der Waals surface area contributed by atoms with Gasteiger partial charge in [0, 0.05) is 18.8 Å². The summed E-state index contributed by atoms with van der Waals surface area (Å²) in [5, 5.41) is 13.5. The van der Waals surface area contributed by atoms with Gasteiger partial charge in [-0.05, 0) is 12.1 Å². The molecule has 0 radical (unpaired) electrons. The van der Waals surface area contributed by atoms with E-state index in [0.29, 0.717) is 6.54 Å². The fraction of sp³-hybridized carbons (Fsp3) is 0.333. The third kappa shape index (κ3) is 10.8. The zero-order chi connectivity index (χ0) is 15.2. The lowest BCUT2D eigenvalue weighted by molar-refractivity contribution is 0.160. The van der Waals surface area contributed by atoms with E-state index in [0.717, 1.165) is 5.69 Å². The number of nitrogens with one attached hydrogen (secondary N) is 2. The van der Waals surface area contributed by atoms with Crippen LogP contribution in [0.25, 0.3) is 0 Å². The van der Waals surface area contributed by atoms with Crippen molar-refractivity contribution in [1.82, 2.24) is 5.32 Å². The molecule has 1 aromatic carbocycles. The van der Waals surface area contributed by atoms with Crippen LogP contribution in [0.3, 0.4) is 0 Å². The maximum atomic E-state index is 11.0. The summed E-state index contributed by atoms with van der Waals surface area (Å²) in [5.74, 6) is 0. The van der Waals surface area contributed by atoms with Crippen LogP contribution in [0.4, 0.5) is 15.3 Å². The molecule has 0 fully saturated rings. The number of hydrogen-bond donors (Lipinski definition) is 5. The quantitative estimate of drug-likeness (QED) is 0.511. The molecule has 0 aliphatic heterocycles. The number of rotatable bonds is 5. The third-order valence-electron chi connectivity index (χ3n) is 1.79. The summed E-state index contributed by atoms with van der Waals surface area (Å²) in [7, 11) is 0. The Morgan fingerprint density at radius 2 is 1.90 bits per heavy atom. The van der Waals surface area contributed by atoms with Gasteiger partial charge in [-0.25, -0.2) is 9.59 Å². The minimum absolute atomic E-state index is 0.0534. The first kappa shape index (κ1) is 17.7. The molecule has 1 rings (SSSR count). The summed E-state index contributed by atoms with van der Waals surface area (Å²) in [6.45, 7) is 0.735. The number of anilines is 1. The highest BCUT2D eigenvalue weighted by atomic mass is 16.5. The van der Waals surface area contributed by atoms with Gasteiger partial charge >= 0.3 is 12.1 Å². The van der Waals surface area contributed by atoms with Crippen molar-refractivity contribution in [1.29, 1.82) is 0 Å². The lowest BCUT2D eigenvalue weighted by Crippen LogP contribution is -2.30. The van der Waals surface area contributed by atoms with Crippen molar-refractivity contribution in [2.24, 2.45) is 11.5 Å². The first-order valence-electron chi connectivity index (χ1n) is 5.93. The van der Waals surface area contributed by atoms with E-state index in [1.165, 1.54) is 0 Å². The van der Waals surface area contributed by atoms with Crippen LogP contribution in [0.1, 0.15) is 0 Å². The number of amides is 3. The largest absolute Gasteiger partial charge is 0.448 e. The molecule has 0 saturated carbocycles. The zero-order valence-electron chi connectivity index (χ0n) is 11.0. The Labute approximate surface area is 117 Å². The number of ether oxygens (including phenoxy) is 1. The van der Waals surface area contributed by atoms with E-state index < -0.39 is 6.09 Å². The van der Waals surface area contributed by atoms with Crippen LogP contribution in [0, 0.1) is 0 Å². The van der Waals surface area contributed by atoms with Crippen molar-refractivity contribution in [2.75, 3.05) is 31.6 Å². The molecule has 0 heterocycles. The second-order valence-corrected chi connectivity index (χ2v) is 3.43. The number of aliphatic hydroxyl groups is 1. The van der Waals surface area contributed by atoms with Crippen molar-refractivity contribution < 1.29 is 19.4 Å². The van der Waals surface area contributed by atoms with Crippen LogP contribution in [-0.4, -0.2) is 43.5 Å². The maximum absolute atomic E-state index is 11.0. The van der Waals surface area contributed by atoms with Crippen LogP contribution in [0.2, 0.25) is 0 Å². The molecule has 0 spiro atoms. The highest BCUT2D eigenvalue weighted by Gasteiger charge is 1.97. The number of hydrogen-bond acceptors (Lipinski definition) is 5. The average molecular weight is 284 g/mol. The van der Waals surface area contributed by atoms with Crippen LogP contribution < -0.4 is 22.1 Å². The first-order valence-corrected chi connectivity index (χ1v) is 5.93. The van der Waals surface area contributed by atoms with Gasteiger partial charge in [0.05, 0.1) is 6.61 Å². The van der Waals surface area contributed by atoms with Gasteiger partial charge in [0.25, 0.3) is 0 Å². The molecule has 0 aromatic heterocycles. The standard InChI is InChI=1S/C9H12N2O2.C3H8N2O2/c12-7-6-10-9(13)11-8-4-2-1-3-5-8;4-1-2-7-3(5)6/h1-5,12H,6-7H2,(H2,10,11,13);1-2,4H2,(H2,5,6). The number of benzene rings is 1. The van der Waals surface area contributed by atoms with Crippen LogP contribution in [-0.2, 0) is 4.74 Å². The average Bonchev–Trinajstić information content (AvgIpc) is 2.44. The molecule has 0 bridgehead atoms. The summed E-state index contributed by atoms with van der Waals surface area (Å²) in [6, 6.07) is 8.82. The van der Waals surface area contributed by atoms with Gasteiger partial charge in [0.15, 0.2) is 0 Å². The van der Waals surface area contributed by atoms with E-state index in [1.54, 1.807) is 12.1 Å². The molecule has 0 atom stereocenters. The summed E-state index contributed by atoms with van der Waals surface area (Å²) in [6.07, 6.45) is -0.773. The topological polar surface area (TPSA) is 140 Å². The number of nitrogens with two attached hydrogens (primary N) is 2. The Balaban J connectivity index is 0.000000441. The number of carbonyl (C=O) groups is 2. The highest BCUT2D eigenvalue weighted by Crippen LogP contribution is 2.03. The van der Waals surface area contributed by atoms with Crippen molar-refractivity contribution in [2.45, 2.75) is 0 Å². The van der Waals surface area contributed by atoms with Crippen molar-refractivity contribution in [3.05, 3.63) is 30.3 Å². The SMILES string of the molecule is NCCOC(N)=O.O=C(NCCO)Nc1ccccc1. The zero-order valence-corrected chi connectivity index (χ0v) is 11.0. The van der Waals surface area contributed by atoms with E-state index in [-0.39, 0.29) is 25.8 Å². The van der Waals surface area contributed by atoms with Gasteiger partial charge in [-0.15, -0.1) is 0 Å². The predicted octanol–water partition coefficient (Wildman–Crippen LogP) is -0.159. The molecule has 0 saturated heterocycles. The van der Waals surface area contributed by atoms with Crippen molar-refractivity contribution >= 4 is 17.8 Å². The number of para-hydroxylation sites is 1. The lowest BCUT2D eigenvalue weighted by Gasteiger charge is -2.05. The Kier molecular flexibility index (Phi) is 10.4. The summed E-state index contributed by atoms with van der Waals surface area (Å²) in [5.41, 5.74) is 10.2. The van der Waals surface area contributed by atoms with Crippen LogP contribution in [0.15, 0.2) is 30.3 Å². The molecule has 20 heavy (non-hydrogen) atoms. The van der Waals surface area contributed by atoms with Gasteiger partial charge in [0.1, 0.15) is 6.61 Å². The number of aliphatic hydroxyl groups excluding tert-OH is 1. The van der Waals surface area contributed by atoms with Gasteiger partial charge in [-0.2, -0.15) is 0 Å². The Bertz CT molecular complexity index is 386. The van der Waals surface area contributed by atoms with Crippen LogP contribution >= 0.6 is 0 Å². The van der Waals surface area contributed by atoms with Gasteiger partial charge < -0.3 is 31.9 Å². The molecule has 0 aliphatic carbocycles. The molecule has 8 nitrogen and oxygen atoms in total. The summed E-state index contributed by atoms with van der Waals surface area (Å²) in [4.78, 5) is 20.7. The molecular weight excluding hydrogens is 264 g/mol. The van der Waals surface area contributed by atoms with E-state index in [1.807, 2.05) is 18.2 Å². The fourth-order valence-corrected chi connectivity index (χ4v) is 1.03. The Morgan fingerprint density at radius 1 is 1.25 bits per heavy atom. The van der Waals surface area contributed by atoms with E-state index >= 15 is 0 Å². The third-order valence-corrected chi connectivity index (χ3v) is 1.79. The molecule has 1 aromatic rings. The second-order valence-electron chi connectivity index (χ2n) is 3.43. The predicted molar refractivity (Wildman–Crippen MR) is 75.1 cm³/mol. The summed E-state index contributed by atoms with van der Waals surface area (Å²) >= 11 is 0. The minimum Gasteiger partial charge on any atom is -0.448 e. The Hall–Kier alpha value is -2.32. The normalized spacial score (nSPS) is 8.90. The van der Waals surface area contributed by atoms with Gasteiger partial charge in [-0.3, -0.25) is 0 Å². The van der Waals surface area contributed by atoms with Gasteiger partial charge in [0.2, 0.25) is 0 Å². The maximum Gasteiger partial charge on any atom is 0.404 e. The molecule has 0 unspecified atom stereocenters. The molecule has 0 aliphatic rings. The van der Waals surface area contributed by atoms with Gasteiger partial charge in [-0.1, -0.05) is 18.2 Å². The van der Waals surface area contributed by atoms with E-state index in [2.05, 4.69) is 21.1 Å². The second kappa shape index (κ2) is 11.8. The minimum atomic E-state index is -0.773. The summed E-state index contributed by atoms with van der Waals surface area (Å²) < 4.78 is 4.20. The van der Waals surface area contributed by atoms with Crippen molar-refractivity contribution in [3.63, 3.8) is 0 Å². The Morgan fingerprint density at radius 3 is 2.35 bits per heavy atom. The monoisotopic (exact) mass is 284 g/mol. The molecular formula is C12H20N4O4. The molecule has 8 heteroatoms. The smallest absolute Gasteiger partial charge is 0.404 e. The molecule has 3 amide bonds. The van der Waals surface area contributed by atoms with Crippen molar-refractivity contribution in [3.8, 4) is 0 Å². The number of carbonyl (C=O) groups excluding carboxylic acids is 2. The molecule has 7 N–H and O–H groups in total.